The van der Waals surface area contributed by atoms with Crippen molar-refractivity contribution >= 4 is 74.0 Å². The van der Waals surface area contributed by atoms with Crippen LogP contribution in [-0.2, 0) is 51.3 Å². The van der Waals surface area contributed by atoms with Crippen LogP contribution in [-0.4, -0.2) is 120 Å². The van der Waals surface area contributed by atoms with Crippen LogP contribution in [0.4, 0.5) is 5.69 Å². The number of aromatic nitrogens is 2. The Bertz CT molecular complexity index is 3800. The number of nitrogens with one attached hydrogen (secondary N) is 1. The second-order valence-corrected chi connectivity index (χ2v) is 19.7. The molecule has 9 aromatic rings. The maximum absolute atomic E-state index is 10.8. The fraction of sp³-hybridized carbons (Fsp3) is 0.232. The minimum atomic E-state index is -1.02. The zero-order valence-electron chi connectivity index (χ0n) is 50.6. The molecule has 21 nitrogen and oxygen atoms in total. The summed E-state index contributed by atoms with van der Waals surface area (Å²) in [6.07, 6.45) is 0.493. The van der Waals surface area contributed by atoms with Gasteiger partial charge in [0.15, 0.2) is 24.4 Å². The first-order chi connectivity index (χ1) is 43.0. The van der Waals surface area contributed by atoms with E-state index < -0.39 is 66.3 Å². The lowest BCUT2D eigenvalue weighted by atomic mass is 10.0. The molecule has 7 aromatic carbocycles. The molecule has 9 rings (SSSR count). The number of hydrogen-bond donors (Lipinski definition) is 7. The zero-order valence-corrected chi connectivity index (χ0v) is 50.6. The van der Waals surface area contributed by atoms with E-state index in [1.54, 1.807) is 43.6 Å². The SMILES string of the molecule is CC(OCc1ccccc1)C(=O)O.C[C@H](Oc1ccc(C#N)c2ccccc12)C(=O)O.C[C@H](Oc1ccnc2ccccc12)C(=O)O.Cc1ccc(N[C@@H](C)C(=O)O)cc1.Cc1ncc(O[C@@H](C)C(=O)O)c2ccccc12.O=C(O)COCCc1ccccc1. The van der Waals surface area contributed by atoms with Crippen LogP contribution < -0.4 is 19.5 Å². The number of para-hydroxylation sites is 1. The molecule has 0 spiro atoms. The molecule has 0 bridgehead atoms. The number of hydrogen-bond acceptors (Lipinski definition) is 15. The molecule has 0 aliphatic carbocycles. The summed E-state index contributed by atoms with van der Waals surface area (Å²) < 4.78 is 26.1. The van der Waals surface area contributed by atoms with Crippen molar-refractivity contribution in [1.29, 1.82) is 5.26 Å². The number of fused-ring (bicyclic) bond motifs is 3. The predicted molar refractivity (Wildman–Crippen MR) is 339 cm³/mol. The monoisotopic (exact) mass is 1230 g/mol. The van der Waals surface area contributed by atoms with Crippen LogP contribution in [0.1, 0.15) is 62.6 Å². The molecule has 0 aliphatic rings. The average molecular weight is 1230 g/mol. The minimum Gasteiger partial charge on any atom is -0.480 e. The summed E-state index contributed by atoms with van der Waals surface area (Å²) in [5, 5.41) is 67.9. The van der Waals surface area contributed by atoms with Gasteiger partial charge in [-0.15, -0.1) is 0 Å². The zero-order chi connectivity index (χ0) is 66.1. The first-order valence-corrected chi connectivity index (χ1v) is 28.1. The van der Waals surface area contributed by atoms with Gasteiger partial charge in [0.05, 0.1) is 36.6 Å². The maximum atomic E-state index is 10.8. The lowest BCUT2D eigenvalue weighted by Crippen LogP contribution is -2.25. The third-order valence-corrected chi connectivity index (χ3v) is 12.6. The molecule has 470 valence electrons. The van der Waals surface area contributed by atoms with Gasteiger partial charge in [-0.25, -0.2) is 24.0 Å². The van der Waals surface area contributed by atoms with E-state index in [0.29, 0.717) is 36.0 Å². The summed E-state index contributed by atoms with van der Waals surface area (Å²) in [5.74, 6) is -4.19. The van der Waals surface area contributed by atoms with Gasteiger partial charge in [-0.3, -0.25) is 14.8 Å². The highest BCUT2D eigenvalue weighted by Gasteiger charge is 2.18. The van der Waals surface area contributed by atoms with Gasteiger partial charge in [0, 0.05) is 44.5 Å². The summed E-state index contributed by atoms with van der Waals surface area (Å²) in [4.78, 5) is 71.6. The third-order valence-electron chi connectivity index (χ3n) is 12.6. The number of carboxylic acid groups (broad SMARTS) is 6. The van der Waals surface area contributed by atoms with Crippen molar-refractivity contribution in [3.63, 3.8) is 0 Å². The molecule has 2 aromatic heterocycles. The number of nitriles is 1. The van der Waals surface area contributed by atoms with Gasteiger partial charge in [-0.2, -0.15) is 5.26 Å². The highest BCUT2D eigenvalue weighted by atomic mass is 16.5. The van der Waals surface area contributed by atoms with Gasteiger partial charge in [-0.1, -0.05) is 139 Å². The van der Waals surface area contributed by atoms with Crippen molar-refractivity contribution in [3.8, 4) is 23.3 Å². The molecule has 5 atom stereocenters. The molecule has 0 fully saturated rings. The van der Waals surface area contributed by atoms with E-state index in [2.05, 4.69) is 21.4 Å². The van der Waals surface area contributed by atoms with Crippen molar-refractivity contribution in [2.24, 2.45) is 0 Å². The number of carbonyl (C=O) groups is 6. The van der Waals surface area contributed by atoms with E-state index in [4.69, 9.17) is 59.6 Å². The number of aryl methyl sites for hydroxylation is 2. The summed E-state index contributed by atoms with van der Waals surface area (Å²) in [6.45, 7) is 12.1. The van der Waals surface area contributed by atoms with Crippen molar-refractivity contribution in [3.05, 3.63) is 216 Å². The van der Waals surface area contributed by atoms with Crippen molar-refractivity contribution < 1.29 is 83.1 Å². The second kappa shape index (κ2) is 37.6. The predicted octanol–water partition coefficient (Wildman–Crippen LogP) is 11.9. The number of nitrogens with zero attached hydrogens (tertiary/aromatic N) is 3. The number of ether oxygens (including phenoxy) is 5. The average Bonchev–Trinajstić information content (AvgIpc) is 0.930. The van der Waals surface area contributed by atoms with Crippen LogP contribution in [0.25, 0.3) is 32.4 Å². The van der Waals surface area contributed by atoms with Crippen LogP contribution in [0, 0.1) is 25.2 Å². The Hall–Kier alpha value is -11.0. The van der Waals surface area contributed by atoms with Crippen LogP contribution >= 0.6 is 0 Å². The Morgan fingerprint density at radius 2 is 0.956 bits per heavy atom. The fourth-order valence-corrected chi connectivity index (χ4v) is 7.59. The van der Waals surface area contributed by atoms with E-state index in [-0.39, 0.29) is 6.61 Å². The molecule has 1 unspecified atom stereocenters. The molecule has 0 saturated carbocycles. The first-order valence-electron chi connectivity index (χ1n) is 28.1. The summed E-state index contributed by atoms with van der Waals surface area (Å²) >= 11 is 0. The quantitative estimate of drug-likeness (QED) is 0.0329. The normalized spacial score (nSPS) is 11.8. The lowest BCUT2D eigenvalue weighted by Gasteiger charge is -2.13. The Balaban J connectivity index is 0.000000232. The number of benzene rings is 7. The molecule has 0 amide bonds. The van der Waals surface area contributed by atoms with Crippen LogP contribution in [0.5, 0.6) is 17.2 Å². The molecular weight excluding hydrogens is 1160 g/mol. The van der Waals surface area contributed by atoms with Gasteiger partial charge in [0.25, 0.3) is 0 Å². The van der Waals surface area contributed by atoms with E-state index in [9.17, 15) is 28.8 Å². The van der Waals surface area contributed by atoms with Crippen LogP contribution in [0.15, 0.2) is 188 Å². The van der Waals surface area contributed by atoms with E-state index >= 15 is 0 Å². The second-order valence-electron chi connectivity index (χ2n) is 19.7. The smallest absolute Gasteiger partial charge is 0.344 e. The molecular formula is C69H72N4O17. The number of pyridine rings is 2. The van der Waals surface area contributed by atoms with E-state index in [1.165, 1.54) is 27.7 Å². The first kappa shape index (κ1) is 71.5. The summed E-state index contributed by atoms with van der Waals surface area (Å²) in [6, 6.07) is 55.8. The Kier molecular flexibility index (Phi) is 29.9. The number of aliphatic carboxylic acids is 6. The van der Waals surface area contributed by atoms with Gasteiger partial charge in [-0.05, 0) is 108 Å². The summed E-state index contributed by atoms with van der Waals surface area (Å²) in [7, 11) is 0. The molecule has 2 heterocycles. The van der Waals surface area contributed by atoms with Crippen molar-refractivity contribution in [2.45, 2.75) is 92.0 Å². The highest BCUT2D eigenvalue weighted by molar-refractivity contribution is 5.93. The van der Waals surface area contributed by atoms with Crippen LogP contribution in [0.2, 0.25) is 0 Å². The number of rotatable bonds is 21. The molecule has 0 aliphatic heterocycles. The lowest BCUT2D eigenvalue weighted by molar-refractivity contribution is -0.150. The molecule has 7 N–H and O–H groups in total. The summed E-state index contributed by atoms with van der Waals surface area (Å²) in [5.41, 5.74) is 6.37. The molecule has 21 heteroatoms. The van der Waals surface area contributed by atoms with E-state index in [1.807, 2.05) is 166 Å². The molecule has 0 radical (unpaired) electrons. The minimum absolute atomic E-state index is 0.215. The van der Waals surface area contributed by atoms with Gasteiger partial charge < -0.3 is 59.6 Å². The van der Waals surface area contributed by atoms with E-state index in [0.717, 1.165) is 66.9 Å². The van der Waals surface area contributed by atoms with Crippen molar-refractivity contribution in [2.75, 3.05) is 18.5 Å². The van der Waals surface area contributed by atoms with Gasteiger partial charge in [0.2, 0.25) is 0 Å². The number of carboxylic acids is 6. The molecule has 0 saturated heterocycles. The van der Waals surface area contributed by atoms with Gasteiger partial charge in [0.1, 0.15) is 29.9 Å². The maximum Gasteiger partial charge on any atom is 0.344 e. The Labute approximate surface area is 520 Å². The molecule has 90 heavy (non-hydrogen) atoms. The fourth-order valence-electron chi connectivity index (χ4n) is 7.59. The third kappa shape index (κ3) is 24.8. The van der Waals surface area contributed by atoms with Crippen molar-refractivity contribution in [1.82, 2.24) is 9.97 Å². The standard InChI is InChI=1S/C14H11NO3.C13H13NO3.C12H11NO3.C10H13NO2.2C10H12O3/c1-9(14(16)17)18-13-7-6-10(8-15)11-4-2-3-5-12(11)13;1-8-10-5-3-4-6-11(10)12(7-14-8)17-9(2)13(15)16;1-8(12(14)15)16-11-6-7-13-10-5-3-2-4-9(10)11;1-7-3-5-9(6-4-7)11-8(2)10(12)13;1-8(10(11)12)13-7-9-5-3-2-4-6-9;11-10(12)8-13-7-6-9-4-2-1-3-5-9/h2-7,9H,1H3,(H,16,17);3-7,9H,1-2H3,(H,15,16);2-8H,1H3,(H,14,15);3-6,8,11H,1-2H3,(H,12,13);2-6,8H,7H2,1H3,(H,11,12);1-5H,6-8H2,(H,11,12)/t2*9-;2*8-;;/m0000../s1. The number of anilines is 1. The Morgan fingerprint density at radius 3 is 1.48 bits per heavy atom. The Morgan fingerprint density at radius 1 is 0.489 bits per heavy atom. The largest absolute Gasteiger partial charge is 0.480 e. The highest BCUT2D eigenvalue weighted by Crippen LogP contribution is 2.30. The van der Waals surface area contributed by atoms with Crippen LogP contribution in [0.3, 0.4) is 0 Å². The topological polar surface area (TPSA) is 332 Å². The van der Waals surface area contributed by atoms with Gasteiger partial charge >= 0.3 is 35.8 Å².